The summed E-state index contributed by atoms with van der Waals surface area (Å²) in [5, 5.41) is 3.07. The van der Waals surface area contributed by atoms with E-state index in [1.807, 2.05) is 84.9 Å². The zero-order chi connectivity index (χ0) is 124. The zero-order valence-corrected chi connectivity index (χ0v) is 76.0. The number of benzene rings is 10. The van der Waals surface area contributed by atoms with E-state index in [1.165, 1.54) is 41.3 Å². The molecule has 5 unspecified atom stereocenters. The van der Waals surface area contributed by atoms with E-state index in [4.69, 9.17) is 87.1 Å². The number of aromatic nitrogens is 5. The molecule has 0 saturated carbocycles. The molecular weight excluding hydrogens is 1850 g/mol. The molecule has 10 amide bonds. The monoisotopic (exact) mass is 1970 g/mol. The minimum absolute atomic E-state index is 0.0201. The summed E-state index contributed by atoms with van der Waals surface area (Å²) in [5.41, 5.74) is 10.4. The van der Waals surface area contributed by atoms with Gasteiger partial charge in [-0.05, 0) is 146 Å². The molecule has 5 N–H and O–H groups in total. The van der Waals surface area contributed by atoms with Crippen LogP contribution in [0, 0.1) is 0 Å². The lowest BCUT2D eigenvalue weighted by molar-refractivity contribution is -0.157. The molecule has 35 heteroatoms. The van der Waals surface area contributed by atoms with Gasteiger partial charge in [0.05, 0.1) is 82.1 Å². The van der Waals surface area contributed by atoms with Crippen LogP contribution >= 0.6 is 0 Å². The molecule has 15 aliphatic heterocycles. The van der Waals surface area contributed by atoms with Gasteiger partial charge in [-0.2, -0.15) is 0 Å². The molecule has 10 atom stereocenters. The van der Waals surface area contributed by atoms with E-state index in [1.54, 1.807) is 49.5 Å². The lowest BCUT2D eigenvalue weighted by atomic mass is 9.86. The molecule has 0 aliphatic carbocycles. The van der Waals surface area contributed by atoms with E-state index in [0.29, 0.717) is 71.3 Å². The molecule has 15 aliphatic rings. The van der Waals surface area contributed by atoms with Crippen molar-refractivity contribution >= 4 is 114 Å². The number of likely N-dealkylation sites (N-methyl/N-ethyl adjacent to an activating group) is 5. The van der Waals surface area contributed by atoms with Crippen molar-refractivity contribution in [1.82, 2.24) is 73.9 Å². The van der Waals surface area contributed by atoms with Gasteiger partial charge in [0.25, 0.3) is 0 Å². The fourth-order valence-electron chi connectivity index (χ4n) is 22.4. The summed E-state index contributed by atoms with van der Waals surface area (Å²) in [7, 11) is 3.02. The standard InChI is InChI=1S/5C22H19N3O4/c5*1-24-10-19(26)25-16(22(24)27)9-14-13-4-2-3-5-15(13)23-20(14)21(25)12-6-7-17-18(8-12)29-11-28-17/h5*2-8,16,21,23H,9-11H2,1H3/t5*16-,21?/m11111/s1/i2D,3D,4D,5D,6D,7D,8D,11D2;1D3,2D,3D,4D,5D;6D,7D,8D,11D2;1D3,11D2;1D3. The van der Waals surface area contributed by atoms with Gasteiger partial charge >= 0.3 is 0 Å². The summed E-state index contributed by atoms with van der Waals surface area (Å²) < 4.78 is 287. The number of piperazine rings is 5. The molecule has 5 aromatic heterocycles. The van der Waals surface area contributed by atoms with Gasteiger partial charge < -0.3 is 121 Å². The maximum atomic E-state index is 13.4. The number of carbonyl (C=O) groups excluding carboxylic acids is 10. The lowest BCUT2D eigenvalue weighted by Gasteiger charge is -2.46. The summed E-state index contributed by atoms with van der Waals surface area (Å²) in [6.07, 6.45) is 0.518. The molecule has 15 aromatic rings. The molecule has 0 spiro atoms. The van der Waals surface area contributed by atoms with Gasteiger partial charge in [0.2, 0.25) is 92.9 Å². The van der Waals surface area contributed by atoms with Crippen LogP contribution in [0.1, 0.15) is 154 Å². The first-order valence-corrected chi connectivity index (χ1v) is 46.0. The highest BCUT2D eigenvalue weighted by atomic mass is 16.7. The summed E-state index contributed by atoms with van der Waals surface area (Å²) in [6, 6.07) is 22.7. The topological polar surface area (TPSA) is 374 Å². The maximum absolute atomic E-state index is 13.4. The highest BCUT2D eigenvalue weighted by molar-refractivity contribution is 6.03. The third kappa shape index (κ3) is 14.2. The highest BCUT2D eigenvalue weighted by Gasteiger charge is 2.55. The van der Waals surface area contributed by atoms with Crippen LogP contribution in [0.15, 0.2) is 212 Å². The minimum atomic E-state index is -2.81. The van der Waals surface area contributed by atoms with Crippen molar-refractivity contribution in [2.24, 2.45) is 0 Å². The molecule has 20 heterocycles. The number of para-hydroxylation sites is 5. The maximum Gasteiger partial charge on any atom is 0.245 e. The third-order valence-electron chi connectivity index (χ3n) is 28.8. The third-order valence-corrected chi connectivity index (χ3v) is 28.8. The number of hydrogen-bond acceptors (Lipinski definition) is 20. The zero-order valence-electron chi connectivity index (χ0n) is 105. The van der Waals surface area contributed by atoms with Crippen molar-refractivity contribution in [2.45, 2.75) is 92.5 Å². The largest absolute Gasteiger partial charge is 0.454 e. The summed E-state index contributed by atoms with van der Waals surface area (Å²) in [5.74, 6) is -3.86. The molecule has 0 bridgehead atoms. The van der Waals surface area contributed by atoms with E-state index in [0.717, 1.165) is 66.4 Å². The van der Waals surface area contributed by atoms with Crippen LogP contribution < -0.4 is 47.4 Å². The molecule has 5 fully saturated rings. The molecule has 145 heavy (non-hydrogen) atoms. The number of ether oxygens (including phenoxy) is 10. The van der Waals surface area contributed by atoms with Crippen molar-refractivity contribution < 1.29 is 135 Å². The Morgan fingerprint density at radius 3 is 0.897 bits per heavy atom. The Bertz CT molecular complexity index is 9680. The average molecular weight is 1980 g/mol. The van der Waals surface area contributed by atoms with Crippen LogP contribution in [-0.2, 0) is 80.0 Å². The second-order valence-electron chi connectivity index (χ2n) is 36.7. The summed E-state index contributed by atoms with van der Waals surface area (Å²) in [4.78, 5) is 161. The molecular formula is C110H95N15O20. The second kappa shape index (κ2) is 33.9. The Balaban J connectivity index is 0.000000105. The minimum Gasteiger partial charge on any atom is -0.454 e. The van der Waals surface area contributed by atoms with Crippen molar-refractivity contribution in [3.8, 4) is 57.5 Å². The van der Waals surface area contributed by atoms with Gasteiger partial charge in [-0.15, -0.1) is 0 Å². The molecule has 10 aromatic carbocycles. The summed E-state index contributed by atoms with van der Waals surface area (Å²) in [6.45, 7) is -17.7. The molecule has 0 radical (unpaired) electrons. The van der Waals surface area contributed by atoms with Crippen LogP contribution in [0.2, 0.25) is 0 Å². The molecule has 730 valence electrons. The van der Waals surface area contributed by atoms with E-state index in [9.17, 15) is 47.9 Å². The van der Waals surface area contributed by atoms with Crippen LogP contribution in [0.5, 0.6) is 57.5 Å². The van der Waals surface area contributed by atoms with Crippen molar-refractivity contribution in [1.29, 1.82) is 0 Å². The van der Waals surface area contributed by atoms with Gasteiger partial charge in [-0.25, -0.2) is 0 Å². The van der Waals surface area contributed by atoms with Gasteiger partial charge in [0.15, 0.2) is 57.5 Å². The predicted molar refractivity (Wildman–Crippen MR) is 523 cm³/mol. The quantitative estimate of drug-likeness (QED) is 0.107. The van der Waals surface area contributed by atoms with Crippen LogP contribution in [0.25, 0.3) is 54.5 Å². The van der Waals surface area contributed by atoms with Crippen LogP contribution in [0.3, 0.4) is 0 Å². The van der Waals surface area contributed by atoms with Crippen LogP contribution in [-0.4, -0.2) is 265 Å². The number of rotatable bonds is 5. The Hall–Kier alpha value is -17.4. The van der Waals surface area contributed by atoms with E-state index in [2.05, 4.69) is 24.9 Å². The lowest BCUT2D eigenvalue weighted by Crippen LogP contribution is -2.62. The van der Waals surface area contributed by atoms with Crippen molar-refractivity contribution in [2.75, 3.05) is 102 Å². The molecule has 35 nitrogen and oxygen atoms in total. The normalized spacial score (nSPS) is 27.0. The van der Waals surface area contributed by atoms with E-state index >= 15 is 0 Å². The number of H-pyrrole nitrogens is 5. The number of hydrogen-bond donors (Lipinski definition) is 5. The van der Waals surface area contributed by atoms with Gasteiger partial charge in [0, 0.05) is 162 Å². The van der Waals surface area contributed by atoms with Gasteiger partial charge in [-0.1, -0.05) is 121 Å². The van der Waals surface area contributed by atoms with Gasteiger partial charge in [-0.3, -0.25) is 47.9 Å². The fourth-order valence-corrected chi connectivity index (χ4v) is 22.4. The smallest absolute Gasteiger partial charge is 0.245 e. The summed E-state index contributed by atoms with van der Waals surface area (Å²) >= 11 is 0. The Morgan fingerprint density at radius 1 is 0.276 bits per heavy atom. The first kappa shape index (κ1) is 62.0. The highest BCUT2D eigenvalue weighted by Crippen LogP contribution is 2.53. The fraction of sp³-hybridized carbons (Fsp3) is 0.273. The van der Waals surface area contributed by atoms with E-state index in [-0.39, 0.29) is 168 Å². The first-order chi connectivity index (χ1) is 82.2. The van der Waals surface area contributed by atoms with Crippen LogP contribution in [0.4, 0.5) is 0 Å². The van der Waals surface area contributed by atoms with Crippen molar-refractivity contribution in [3.63, 3.8) is 0 Å². The molecule has 5 saturated heterocycles. The van der Waals surface area contributed by atoms with Gasteiger partial charge in [0.1, 0.15) is 38.4 Å². The first-order valence-electron chi connectivity index (χ1n) is 60.5. The Morgan fingerprint density at radius 2 is 0.545 bits per heavy atom. The molecule has 30 rings (SSSR count). The second-order valence-corrected chi connectivity index (χ2v) is 36.7. The number of aromatic amines is 5. The Labute approximate surface area is 867 Å². The van der Waals surface area contributed by atoms with Crippen molar-refractivity contribution in [3.05, 3.63) is 296 Å². The predicted octanol–water partition coefficient (Wildman–Crippen LogP) is 11.1. The number of carbonyl (C=O) groups is 10. The SMILES string of the molecule is [2H]C([2H])([2H])N1CC(=O)N2C(c3ccc4c(c3)OCO4)c3[nH]c4ccccc4c3C[C@@H]2C1=O.[2H]C1([2H])Oc2ccc(C3c4[nH]c5ccccc5c4C[C@@H]4C(=O)N(C([2H])([2H])[2H])CC(=O)N34)cc2O1.[2H]c1c([2H])c(C2c3[nH]c4c([2H])c([2H])c([2H])c([2H])c4c3C[C@@H]3C(=O)N(C)CC(=O)N23)c([2H])c2c1OC([2H])([2H])O2.[2H]c1c([2H])c(C2c3[nH]c4ccccc4c3C[C@@H]3C(=O)N(C)CC(=O)N23)c([2H])c2c1OC([2H])([2H])O2.[2H]c1c([2H])c([2H])c2c3c([nH]c2c1[2H])C(c1ccc2c(c1)OCO2)N1C(=O)CN(C([2H])([2H])[2H])C(=O)[C@H]1C3. The number of amides is 10. The number of nitrogens with one attached hydrogen (secondary N) is 5. The average Bonchev–Trinajstić information content (AvgIpc) is 1.54. The van der Waals surface area contributed by atoms with E-state index < -0.39 is 228 Å². The number of fused-ring (bicyclic) bond motifs is 25. The number of nitrogens with zero attached hydrogens (tertiary/aromatic N) is 10. The Kier molecular flexibility index (Phi) is 14.5.